The molecule has 0 aromatic heterocycles. The largest absolute Gasteiger partial charge is 0.478 e. The third-order valence-corrected chi connectivity index (χ3v) is 5.01. The normalized spacial score (nSPS) is 24.2. The van der Waals surface area contributed by atoms with Crippen molar-refractivity contribution in [2.24, 2.45) is 10.7 Å². The maximum absolute atomic E-state index is 12.0. The standard InChI is InChI=1S/C13H21N3O2.C6H8O3.C4H8O/c1-3-4-5-10-6-7-12(18-10)16(2)9-8-11(14)15-13(16)17;1-2-5(7)3-4-6(8)9;1-3-4(2)5/h8-10,12H,3-7H2,1-2H3,(H-,14,15,17);3-4H,2H2,1H3,(H,8,9);3H2,1-2H3/p+1/b;4-3-;. The van der Waals surface area contributed by atoms with Crippen LogP contribution in [0.1, 0.15) is 72.6 Å². The van der Waals surface area contributed by atoms with Gasteiger partial charge in [0.05, 0.1) is 13.2 Å². The van der Waals surface area contributed by atoms with Crippen LogP contribution in [-0.2, 0) is 19.1 Å². The van der Waals surface area contributed by atoms with Gasteiger partial charge in [-0.15, -0.1) is 4.99 Å². The van der Waals surface area contributed by atoms with Crippen molar-refractivity contribution in [1.82, 2.24) is 0 Å². The minimum atomic E-state index is -1.09. The van der Waals surface area contributed by atoms with Gasteiger partial charge in [0.15, 0.2) is 5.78 Å². The number of amidine groups is 1. The highest BCUT2D eigenvalue weighted by Crippen LogP contribution is 2.31. The molecule has 1 fully saturated rings. The number of amides is 2. The quantitative estimate of drug-likeness (QED) is 0.423. The maximum atomic E-state index is 12.0. The Morgan fingerprint density at radius 1 is 1.22 bits per heavy atom. The second-order valence-corrected chi connectivity index (χ2v) is 7.76. The van der Waals surface area contributed by atoms with Crippen molar-refractivity contribution >= 4 is 29.4 Å². The van der Waals surface area contributed by atoms with Crippen LogP contribution >= 0.6 is 0 Å². The zero-order chi connectivity index (χ0) is 24.7. The number of nitrogens with zero attached hydrogens (tertiary/aromatic N) is 2. The number of carboxylic acid groups (broad SMARTS) is 1. The van der Waals surface area contributed by atoms with Crippen LogP contribution < -0.4 is 5.73 Å². The average molecular weight is 453 g/mol. The zero-order valence-electron chi connectivity index (χ0n) is 19.9. The van der Waals surface area contributed by atoms with Gasteiger partial charge in [-0.25, -0.2) is 9.59 Å². The molecule has 0 aromatic carbocycles. The van der Waals surface area contributed by atoms with Crippen molar-refractivity contribution in [3.8, 4) is 0 Å². The van der Waals surface area contributed by atoms with Crippen LogP contribution in [0.25, 0.3) is 0 Å². The molecular weight excluding hydrogens is 414 g/mol. The molecule has 0 aliphatic carbocycles. The predicted molar refractivity (Wildman–Crippen MR) is 123 cm³/mol. The number of carboxylic acids is 1. The van der Waals surface area contributed by atoms with Gasteiger partial charge in [-0.1, -0.05) is 33.6 Å². The molecule has 9 heteroatoms. The molecule has 2 aliphatic rings. The summed E-state index contributed by atoms with van der Waals surface area (Å²) in [5.41, 5.74) is 5.53. The zero-order valence-corrected chi connectivity index (χ0v) is 19.9. The lowest BCUT2D eigenvalue weighted by Gasteiger charge is -2.32. The molecule has 2 rings (SSSR count). The Hall–Kier alpha value is -2.65. The molecule has 2 heterocycles. The van der Waals surface area contributed by atoms with Gasteiger partial charge in [-0.05, 0) is 25.8 Å². The van der Waals surface area contributed by atoms with E-state index in [1.54, 1.807) is 26.1 Å². The number of unbranched alkanes of at least 4 members (excludes halogenated alkanes) is 1. The van der Waals surface area contributed by atoms with Gasteiger partial charge in [0.1, 0.15) is 17.8 Å². The van der Waals surface area contributed by atoms with E-state index in [1.807, 2.05) is 14.0 Å². The molecule has 0 bridgehead atoms. The van der Waals surface area contributed by atoms with Crippen LogP contribution in [0.4, 0.5) is 4.79 Å². The van der Waals surface area contributed by atoms with Gasteiger partial charge in [0.25, 0.3) is 0 Å². The molecule has 3 unspecified atom stereocenters. The minimum Gasteiger partial charge on any atom is -0.478 e. The number of ketones is 2. The third-order valence-electron chi connectivity index (χ3n) is 5.01. The van der Waals surface area contributed by atoms with E-state index in [4.69, 9.17) is 15.6 Å². The highest BCUT2D eigenvalue weighted by atomic mass is 16.5. The number of Topliss-reactive ketones (excluding diaryl/α,β-unsaturated/α-hetero) is 1. The number of carbonyl (C=O) groups excluding carboxylic acids is 3. The van der Waals surface area contributed by atoms with Crippen LogP contribution in [0.2, 0.25) is 0 Å². The number of aliphatic carboxylic acids is 1. The van der Waals surface area contributed by atoms with Gasteiger partial charge >= 0.3 is 12.0 Å². The van der Waals surface area contributed by atoms with E-state index < -0.39 is 5.97 Å². The number of urea groups is 1. The molecule has 0 aromatic rings. The Morgan fingerprint density at radius 2 is 1.84 bits per heavy atom. The molecular formula is C23H38N3O6+. The summed E-state index contributed by atoms with van der Waals surface area (Å²) in [6, 6.07) is -0.240. The van der Waals surface area contributed by atoms with E-state index in [0.717, 1.165) is 31.4 Å². The summed E-state index contributed by atoms with van der Waals surface area (Å²) >= 11 is 0. The third kappa shape index (κ3) is 11.1. The Kier molecular flexibility index (Phi) is 13.9. The smallest absolute Gasteiger partial charge is 0.451 e. The molecule has 2 aliphatic heterocycles. The lowest BCUT2D eigenvalue weighted by Crippen LogP contribution is -2.53. The van der Waals surface area contributed by atoms with E-state index in [9.17, 15) is 19.2 Å². The maximum Gasteiger partial charge on any atom is 0.451 e. The molecule has 0 spiro atoms. The summed E-state index contributed by atoms with van der Waals surface area (Å²) < 4.78 is 6.09. The van der Waals surface area contributed by atoms with Crippen LogP contribution in [-0.4, -0.2) is 58.4 Å². The van der Waals surface area contributed by atoms with Crippen molar-refractivity contribution in [2.45, 2.75) is 85.0 Å². The molecule has 3 N–H and O–H groups in total. The second kappa shape index (κ2) is 15.2. The van der Waals surface area contributed by atoms with Crippen molar-refractivity contribution in [3.63, 3.8) is 0 Å². The number of hydrogen-bond donors (Lipinski definition) is 2. The number of carbonyl (C=O) groups is 4. The lowest BCUT2D eigenvalue weighted by atomic mass is 10.1. The molecule has 32 heavy (non-hydrogen) atoms. The number of hydrogen-bond acceptors (Lipinski definition) is 6. The first-order valence-electron chi connectivity index (χ1n) is 11.0. The number of rotatable bonds is 8. The molecule has 180 valence electrons. The van der Waals surface area contributed by atoms with E-state index in [2.05, 4.69) is 11.9 Å². The lowest BCUT2D eigenvalue weighted by molar-refractivity contribution is -0.830. The van der Waals surface area contributed by atoms with Gasteiger partial charge < -0.3 is 20.4 Å². The Morgan fingerprint density at radius 3 is 2.31 bits per heavy atom. The van der Waals surface area contributed by atoms with Crippen molar-refractivity contribution in [2.75, 3.05) is 7.05 Å². The van der Waals surface area contributed by atoms with E-state index in [-0.39, 0.29) is 40.2 Å². The number of aliphatic imine (C=N–C) groups is 1. The van der Waals surface area contributed by atoms with Crippen molar-refractivity contribution in [3.05, 3.63) is 24.4 Å². The first-order chi connectivity index (χ1) is 15.0. The fourth-order valence-electron chi connectivity index (χ4n) is 2.78. The highest BCUT2D eigenvalue weighted by Gasteiger charge is 2.45. The summed E-state index contributed by atoms with van der Waals surface area (Å²) in [6.45, 7) is 7.28. The second-order valence-electron chi connectivity index (χ2n) is 7.76. The van der Waals surface area contributed by atoms with Crippen LogP contribution in [0.5, 0.6) is 0 Å². The molecule has 2 amide bonds. The van der Waals surface area contributed by atoms with Crippen LogP contribution in [0.3, 0.4) is 0 Å². The van der Waals surface area contributed by atoms with E-state index in [1.165, 1.54) is 12.8 Å². The average Bonchev–Trinajstić information content (AvgIpc) is 3.24. The van der Waals surface area contributed by atoms with Crippen LogP contribution in [0.15, 0.2) is 29.4 Å². The minimum absolute atomic E-state index is 0.0866. The highest BCUT2D eigenvalue weighted by molar-refractivity contribution is 5.99. The molecule has 0 radical (unpaired) electrons. The summed E-state index contributed by atoms with van der Waals surface area (Å²) in [5.74, 6) is -0.727. The van der Waals surface area contributed by atoms with Crippen molar-refractivity contribution in [1.29, 1.82) is 0 Å². The summed E-state index contributed by atoms with van der Waals surface area (Å²) in [7, 11) is 1.83. The summed E-state index contributed by atoms with van der Waals surface area (Å²) in [4.78, 5) is 45.8. The molecule has 3 atom stereocenters. The number of allylic oxidation sites excluding steroid dienone is 1. The first kappa shape index (κ1) is 29.4. The molecule has 0 saturated carbocycles. The Labute approximate surface area is 190 Å². The first-order valence-corrected chi connectivity index (χ1v) is 11.0. The topological polar surface area (TPSA) is 136 Å². The fraction of sp³-hybridized carbons (Fsp3) is 0.609. The van der Waals surface area contributed by atoms with Gasteiger partial charge in [0, 0.05) is 31.4 Å². The molecule has 1 saturated heterocycles. The van der Waals surface area contributed by atoms with Gasteiger partial charge in [-0.2, -0.15) is 4.48 Å². The fourth-order valence-corrected chi connectivity index (χ4v) is 2.78. The SMILES string of the molecule is CCC(=O)/C=C\C(=O)O.CCC(C)=O.CCCCC1CCC([N+]2(C)C=CC(N)=NC2=O)O1. The summed E-state index contributed by atoms with van der Waals surface area (Å²) in [5, 5.41) is 8.02. The number of ether oxygens (including phenoxy) is 1. The van der Waals surface area contributed by atoms with Gasteiger partial charge in [-0.3, -0.25) is 4.79 Å². The molecule has 9 nitrogen and oxygen atoms in total. The van der Waals surface area contributed by atoms with Crippen LogP contribution in [0, 0.1) is 0 Å². The Balaban J connectivity index is 0.000000574. The van der Waals surface area contributed by atoms with Gasteiger partial charge in [0.2, 0.25) is 6.23 Å². The number of nitrogens with two attached hydrogens (primary N) is 1. The Bertz CT molecular complexity index is 744. The van der Waals surface area contributed by atoms with E-state index in [0.29, 0.717) is 12.8 Å². The van der Waals surface area contributed by atoms with E-state index >= 15 is 0 Å². The monoisotopic (exact) mass is 452 g/mol. The summed E-state index contributed by atoms with van der Waals surface area (Å²) in [6.07, 6.45) is 11.9. The van der Waals surface area contributed by atoms with Crippen molar-refractivity contribution < 1.29 is 33.5 Å². The number of quaternary nitrogens is 1. The predicted octanol–water partition coefficient (Wildman–Crippen LogP) is 3.72.